The molecule has 1 atom stereocenters. The van der Waals surface area contributed by atoms with Gasteiger partial charge < -0.3 is 0 Å². The first kappa shape index (κ1) is 17.7. The zero-order chi connectivity index (χ0) is 17.9. The van der Waals surface area contributed by atoms with Crippen molar-refractivity contribution in [3.8, 4) is 0 Å². The number of halogens is 1. The minimum atomic E-state index is -0.669. The van der Waals surface area contributed by atoms with Crippen molar-refractivity contribution in [3.05, 3.63) is 83.6 Å². The van der Waals surface area contributed by atoms with Gasteiger partial charge in [-0.3, -0.25) is 4.90 Å². The molecule has 0 N–H and O–H groups in total. The SMILES string of the molecule is CN1CCC[C@H]1c1cnc(Cl)cc1P(c1ccccc1)c1ccccc1. The van der Waals surface area contributed by atoms with Gasteiger partial charge in [0.2, 0.25) is 0 Å². The molecule has 4 rings (SSSR count). The third kappa shape index (κ3) is 3.55. The standard InChI is InChI=1S/C22H22ClN2P/c1-25-14-8-13-20(25)19-16-24-22(23)15-21(19)26(17-9-4-2-5-10-17)18-11-6-3-7-12-18/h2-7,9-12,15-16,20H,8,13-14H2,1H3/t20-/m0/s1. The maximum Gasteiger partial charge on any atom is 0.129 e. The number of benzene rings is 2. The molecule has 26 heavy (non-hydrogen) atoms. The summed E-state index contributed by atoms with van der Waals surface area (Å²) in [6.07, 6.45) is 4.42. The minimum Gasteiger partial charge on any atom is -0.299 e. The van der Waals surface area contributed by atoms with Crippen molar-refractivity contribution < 1.29 is 0 Å². The average Bonchev–Trinajstić information content (AvgIpc) is 3.10. The van der Waals surface area contributed by atoms with Crippen LogP contribution >= 0.6 is 19.5 Å². The molecule has 0 aliphatic carbocycles. The lowest BCUT2D eigenvalue weighted by atomic mass is 10.1. The minimum absolute atomic E-state index is 0.423. The van der Waals surface area contributed by atoms with E-state index in [2.05, 4.69) is 83.7 Å². The van der Waals surface area contributed by atoms with E-state index in [4.69, 9.17) is 11.6 Å². The van der Waals surface area contributed by atoms with Crippen LogP contribution in [0.2, 0.25) is 5.15 Å². The molecule has 0 radical (unpaired) electrons. The molecule has 3 aromatic rings. The van der Waals surface area contributed by atoms with Gasteiger partial charge in [0.1, 0.15) is 5.15 Å². The number of hydrogen-bond donors (Lipinski definition) is 0. The Kier molecular flexibility index (Phi) is 5.36. The van der Waals surface area contributed by atoms with Gasteiger partial charge in [0.15, 0.2) is 0 Å². The number of hydrogen-bond acceptors (Lipinski definition) is 2. The van der Waals surface area contributed by atoms with Crippen LogP contribution in [0.25, 0.3) is 0 Å². The summed E-state index contributed by atoms with van der Waals surface area (Å²) < 4.78 is 0. The fraction of sp³-hybridized carbons (Fsp3) is 0.227. The van der Waals surface area contributed by atoms with E-state index in [0.717, 1.165) is 6.54 Å². The molecule has 2 nitrogen and oxygen atoms in total. The Morgan fingerprint density at radius 2 is 1.62 bits per heavy atom. The van der Waals surface area contributed by atoms with Crippen LogP contribution < -0.4 is 15.9 Å². The maximum atomic E-state index is 6.36. The number of aromatic nitrogens is 1. The second-order valence-corrected chi connectivity index (χ2v) is 9.28. The topological polar surface area (TPSA) is 16.1 Å². The smallest absolute Gasteiger partial charge is 0.129 e. The Balaban J connectivity index is 1.90. The van der Waals surface area contributed by atoms with Crippen LogP contribution in [-0.2, 0) is 0 Å². The molecular weight excluding hydrogens is 359 g/mol. The third-order valence-corrected chi connectivity index (χ3v) is 7.73. The molecule has 0 saturated carbocycles. The summed E-state index contributed by atoms with van der Waals surface area (Å²) in [6, 6.07) is 24.1. The highest BCUT2D eigenvalue weighted by Crippen LogP contribution is 2.39. The molecule has 1 aliphatic heterocycles. The first-order valence-electron chi connectivity index (χ1n) is 9.00. The van der Waals surface area contributed by atoms with Crippen molar-refractivity contribution in [2.75, 3.05) is 13.6 Å². The summed E-state index contributed by atoms with van der Waals surface area (Å²) in [5.74, 6) is 0. The van der Waals surface area contributed by atoms with Crippen LogP contribution in [0.5, 0.6) is 0 Å². The lowest BCUT2D eigenvalue weighted by molar-refractivity contribution is 0.318. The molecule has 0 unspecified atom stereocenters. The lowest BCUT2D eigenvalue weighted by Crippen LogP contribution is -2.28. The predicted molar refractivity (Wildman–Crippen MR) is 113 cm³/mol. The largest absolute Gasteiger partial charge is 0.299 e. The predicted octanol–water partition coefficient (Wildman–Crippen LogP) is 4.26. The van der Waals surface area contributed by atoms with E-state index in [-0.39, 0.29) is 0 Å². The zero-order valence-corrected chi connectivity index (χ0v) is 16.5. The molecular formula is C22H22ClN2P. The number of nitrogens with zero attached hydrogens (tertiary/aromatic N) is 2. The first-order valence-corrected chi connectivity index (χ1v) is 10.7. The molecule has 0 amide bonds. The first-order chi connectivity index (χ1) is 12.7. The molecule has 2 heterocycles. The van der Waals surface area contributed by atoms with Crippen LogP contribution in [0.4, 0.5) is 0 Å². The molecule has 1 fully saturated rings. The highest BCUT2D eigenvalue weighted by atomic mass is 35.5. The number of likely N-dealkylation sites (tertiary alicyclic amines) is 1. The van der Waals surface area contributed by atoms with Gasteiger partial charge in [0, 0.05) is 12.2 Å². The highest BCUT2D eigenvalue weighted by molar-refractivity contribution is 7.79. The lowest BCUT2D eigenvalue weighted by Gasteiger charge is -2.27. The Hall–Kier alpha value is -1.73. The molecule has 1 aliphatic rings. The second-order valence-electron chi connectivity index (χ2n) is 6.71. The average molecular weight is 381 g/mol. The van der Waals surface area contributed by atoms with Crippen molar-refractivity contribution in [2.45, 2.75) is 18.9 Å². The normalized spacial score (nSPS) is 17.7. The van der Waals surface area contributed by atoms with Gasteiger partial charge in [0.05, 0.1) is 0 Å². The maximum absolute atomic E-state index is 6.36. The van der Waals surface area contributed by atoms with Crippen molar-refractivity contribution in [2.24, 2.45) is 0 Å². The number of pyridine rings is 1. The van der Waals surface area contributed by atoms with Gasteiger partial charge in [-0.25, -0.2) is 4.98 Å². The van der Waals surface area contributed by atoms with Crippen LogP contribution in [0.3, 0.4) is 0 Å². The van der Waals surface area contributed by atoms with Crippen LogP contribution in [0.15, 0.2) is 72.9 Å². The summed E-state index contributed by atoms with van der Waals surface area (Å²) in [5, 5.41) is 4.59. The zero-order valence-electron chi connectivity index (χ0n) is 14.8. The Morgan fingerprint density at radius 1 is 1.00 bits per heavy atom. The molecule has 1 saturated heterocycles. The second kappa shape index (κ2) is 7.88. The van der Waals surface area contributed by atoms with Gasteiger partial charge in [-0.1, -0.05) is 72.3 Å². The van der Waals surface area contributed by atoms with Crippen molar-refractivity contribution in [3.63, 3.8) is 0 Å². The van der Waals surface area contributed by atoms with Crippen molar-refractivity contribution in [1.82, 2.24) is 9.88 Å². The fourth-order valence-electron chi connectivity index (χ4n) is 3.77. The molecule has 0 spiro atoms. The Bertz CT molecular complexity index is 830. The van der Waals surface area contributed by atoms with Crippen LogP contribution in [-0.4, -0.2) is 23.5 Å². The third-order valence-electron chi connectivity index (χ3n) is 5.03. The van der Waals surface area contributed by atoms with Crippen molar-refractivity contribution in [1.29, 1.82) is 0 Å². The van der Waals surface area contributed by atoms with E-state index < -0.39 is 7.92 Å². The van der Waals surface area contributed by atoms with Gasteiger partial charge in [-0.05, 0) is 61.9 Å². The summed E-state index contributed by atoms with van der Waals surface area (Å²) in [7, 11) is 1.54. The summed E-state index contributed by atoms with van der Waals surface area (Å²) in [5.41, 5.74) is 1.33. The van der Waals surface area contributed by atoms with Gasteiger partial charge >= 0.3 is 0 Å². The summed E-state index contributed by atoms with van der Waals surface area (Å²) in [4.78, 5) is 6.88. The van der Waals surface area contributed by atoms with Crippen molar-refractivity contribution >= 4 is 35.4 Å². The van der Waals surface area contributed by atoms with E-state index in [9.17, 15) is 0 Å². The molecule has 2 aromatic carbocycles. The summed E-state index contributed by atoms with van der Waals surface area (Å²) in [6.45, 7) is 1.14. The molecule has 1 aromatic heterocycles. The van der Waals surface area contributed by atoms with Crippen LogP contribution in [0.1, 0.15) is 24.4 Å². The van der Waals surface area contributed by atoms with E-state index >= 15 is 0 Å². The highest BCUT2D eigenvalue weighted by Gasteiger charge is 2.29. The fourth-order valence-corrected chi connectivity index (χ4v) is 6.51. The van der Waals surface area contributed by atoms with E-state index in [1.807, 2.05) is 6.20 Å². The Labute approximate surface area is 161 Å². The monoisotopic (exact) mass is 380 g/mol. The molecule has 132 valence electrons. The van der Waals surface area contributed by atoms with E-state index in [1.165, 1.54) is 34.3 Å². The van der Waals surface area contributed by atoms with E-state index in [1.54, 1.807) is 0 Å². The van der Waals surface area contributed by atoms with Crippen LogP contribution in [0, 0.1) is 0 Å². The number of rotatable bonds is 4. The van der Waals surface area contributed by atoms with Gasteiger partial charge in [0.25, 0.3) is 0 Å². The van der Waals surface area contributed by atoms with Gasteiger partial charge in [-0.2, -0.15) is 0 Å². The van der Waals surface area contributed by atoms with E-state index in [0.29, 0.717) is 11.2 Å². The molecule has 4 heteroatoms. The Morgan fingerprint density at radius 3 is 2.15 bits per heavy atom. The quantitative estimate of drug-likeness (QED) is 0.496. The summed E-state index contributed by atoms with van der Waals surface area (Å²) >= 11 is 6.36. The molecule has 0 bridgehead atoms. The van der Waals surface area contributed by atoms with Gasteiger partial charge in [-0.15, -0.1) is 0 Å².